The van der Waals surface area contributed by atoms with Crippen LogP contribution in [-0.2, 0) is 28.6 Å². The highest BCUT2D eigenvalue weighted by molar-refractivity contribution is 8.01. The van der Waals surface area contributed by atoms with Crippen LogP contribution in [0.25, 0.3) is 0 Å². The fourth-order valence-corrected chi connectivity index (χ4v) is 5.90. The number of carbonyl (C=O) groups is 3. The molecular weight excluding hydrogens is 531 g/mol. The molecule has 3 saturated heterocycles. The third kappa shape index (κ3) is 7.63. The summed E-state index contributed by atoms with van der Waals surface area (Å²) in [6, 6.07) is -1.26. The zero-order valence-corrected chi connectivity index (χ0v) is 24.1. The first-order valence-electron chi connectivity index (χ1n) is 11.8. The average Bonchev–Trinajstić information content (AvgIpc) is 3.02. The molecule has 0 radical (unpaired) electrons. The molecule has 0 aromatic carbocycles. The zero-order chi connectivity index (χ0) is 25.1. The Hall–Kier alpha value is -1.27. The molecule has 2 N–H and O–H groups in total. The van der Waals surface area contributed by atoms with Crippen LogP contribution in [0.4, 0.5) is 0 Å². The summed E-state index contributed by atoms with van der Waals surface area (Å²) in [5.74, 6) is -0.688. The number of ether oxygens (including phenoxy) is 3. The number of likely N-dealkylation sites (tertiary alicyclic amines) is 1. The standard InChI is InChI=1S/C23H38N4O6S.2ClH/c1-22(2,3)21(30)33-14-32-20(29)17-23(4,5)34-19-16(18(28)27(17)19)25-13-26-9-6-15(7-10-26)12-31-11-8-24;;/h13,15-17,19H,6-12,14,24H2,1-5H3;2*1H/t16-,17+,19-;;/m1../s1. The van der Waals surface area contributed by atoms with Gasteiger partial charge in [0.25, 0.3) is 5.91 Å². The molecule has 0 aromatic heterocycles. The van der Waals surface area contributed by atoms with Gasteiger partial charge in [-0.1, -0.05) is 0 Å². The molecule has 0 aromatic rings. The van der Waals surface area contributed by atoms with Crippen molar-refractivity contribution >= 4 is 60.8 Å². The van der Waals surface area contributed by atoms with Crippen LogP contribution in [0.3, 0.4) is 0 Å². The number of piperidine rings is 1. The maximum Gasteiger partial charge on any atom is 0.333 e. The molecule has 3 aliphatic rings. The van der Waals surface area contributed by atoms with Gasteiger partial charge in [-0.15, -0.1) is 36.6 Å². The van der Waals surface area contributed by atoms with E-state index < -0.39 is 41.0 Å². The number of β-lactam (4-membered cyclic amide) rings is 1. The molecule has 3 heterocycles. The predicted octanol–water partition coefficient (Wildman–Crippen LogP) is 2.07. The van der Waals surface area contributed by atoms with Gasteiger partial charge in [0, 0.05) is 31.0 Å². The number of nitrogens with zero attached hydrogens (tertiary/aromatic N) is 3. The van der Waals surface area contributed by atoms with Crippen LogP contribution in [0.2, 0.25) is 0 Å². The van der Waals surface area contributed by atoms with E-state index >= 15 is 0 Å². The third-order valence-electron chi connectivity index (χ3n) is 6.30. The van der Waals surface area contributed by atoms with Crippen LogP contribution >= 0.6 is 36.6 Å². The molecule has 10 nitrogen and oxygen atoms in total. The first-order valence-corrected chi connectivity index (χ1v) is 12.7. The van der Waals surface area contributed by atoms with Crippen LogP contribution in [0, 0.1) is 11.3 Å². The minimum absolute atomic E-state index is 0. The van der Waals surface area contributed by atoms with Crippen LogP contribution in [-0.4, -0.2) is 95.8 Å². The lowest BCUT2D eigenvalue weighted by Gasteiger charge is -2.42. The first-order chi connectivity index (χ1) is 16.0. The second-order valence-electron chi connectivity index (χ2n) is 10.6. The summed E-state index contributed by atoms with van der Waals surface area (Å²) in [6.07, 6.45) is 3.81. The van der Waals surface area contributed by atoms with Gasteiger partial charge in [0.15, 0.2) is 6.04 Å². The molecule has 1 amide bonds. The Bertz CT molecular complexity index is 802. The van der Waals surface area contributed by atoms with Gasteiger partial charge in [-0.05, 0) is 53.4 Å². The molecule has 0 saturated carbocycles. The van der Waals surface area contributed by atoms with Gasteiger partial charge in [-0.2, -0.15) is 0 Å². The Balaban J connectivity index is 0.00000324. The molecule has 3 fully saturated rings. The minimum atomic E-state index is -0.751. The van der Waals surface area contributed by atoms with Crippen molar-refractivity contribution in [1.29, 1.82) is 0 Å². The Morgan fingerprint density at radius 3 is 2.42 bits per heavy atom. The van der Waals surface area contributed by atoms with Crippen LogP contribution < -0.4 is 5.73 Å². The molecule has 0 unspecified atom stereocenters. The van der Waals surface area contributed by atoms with E-state index in [4.69, 9.17) is 19.9 Å². The minimum Gasteiger partial charge on any atom is -0.427 e. The summed E-state index contributed by atoms with van der Waals surface area (Å²) >= 11 is 1.55. The van der Waals surface area contributed by atoms with Crippen molar-refractivity contribution in [2.75, 3.05) is 39.6 Å². The molecule has 36 heavy (non-hydrogen) atoms. The number of hydrogen-bond acceptors (Lipinski definition) is 9. The van der Waals surface area contributed by atoms with Crippen molar-refractivity contribution in [1.82, 2.24) is 9.80 Å². The van der Waals surface area contributed by atoms with E-state index in [9.17, 15) is 14.4 Å². The molecular formula is C23H40Cl2N4O6S. The fraction of sp³-hybridized carbons (Fsp3) is 0.826. The van der Waals surface area contributed by atoms with Crippen molar-refractivity contribution in [3.63, 3.8) is 0 Å². The molecule has 208 valence electrons. The number of carbonyl (C=O) groups excluding carboxylic acids is 3. The van der Waals surface area contributed by atoms with Crippen molar-refractivity contribution in [2.24, 2.45) is 22.1 Å². The third-order valence-corrected chi connectivity index (χ3v) is 7.85. The second-order valence-corrected chi connectivity index (χ2v) is 12.3. The van der Waals surface area contributed by atoms with E-state index in [2.05, 4.69) is 9.89 Å². The molecule has 13 heteroatoms. The summed E-state index contributed by atoms with van der Waals surface area (Å²) in [6.45, 7) is 12.1. The van der Waals surface area contributed by atoms with Gasteiger partial charge >= 0.3 is 11.9 Å². The number of halogens is 2. The van der Waals surface area contributed by atoms with Crippen LogP contribution in [0.5, 0.6) is 0 Å². The average molecular weight is 572 g/mol. The molecule has 0 bridgehead atoms. The van der Waals surface area contributed by atoms with Gasteiger partial charge in [0.2, 0.25) is 6.79 Å². The molecule has 3 rings (SSSR count). The Morgan fingerprint density at radius 1 is 1.19 bits per heavy atom. The van der Waals surface area contributed by atoms with E-state index in [0.29, 0.717) is 19.1 Å². The van der Waals surface area contributed by atoms with Crippen molar-refractivity contribution in [2.45, 2.75) is 69.7 Å². The van der Waals surface area contributed by atoms with Gasteiger partial charge in [-0.25, -0.2) is 4.79 Å². The lowest BCUT2D eigenvalue weighted by molar-refractivity contribution is -0.179. The quantitative estimate of drug-likeness (QED) is 0.111. The Labute approximate surface area is 230 Å². The summed E-state index contributed by atoms with van der Waals surface area (Å²) in [5.41, 5.74) is 4.77. The van der Waals surface area contributed by atoms with Gasteiger partial charge in [0.1, 0.15) is 11.4 Å². The SMILES string of the molecule is CC(C)(C)C(=O)OCOC(=O)[C@@H]1N2C(=O)[C@@H](N=CN3CCC(COCCN)CC3)[C@H]2SC1(C)C.Cl.Cl. The molecule has 3 aliphatic heterocycles. The van der Waals surface area contributed by atoms with E-state index in [1.165, 1.54) is 0 Å². The van der Waals surface area contributed by atoms with Gasteiger partial charge in [0.05, 0.1) is 18.4 Å². The van der Waals surface area contributed by atoms with E-state index in [1.807, 2.05) is 13.8 Å². The van der Waals surface area contributed by atoms with Crippen molar-refractivity contribution in [3.05, 3.63) is 0 Å². The van der Waals surface area contributed by atoms with Crippen molar-refractivity contribution < 1.29 is 28.6 Å². The normalized spacial score (nSPS) is 25.5. The predicted molar refractivity (Wildman–Crippen MR) is 144 cm³/mol. The number of fused-ring (bicyclic) bond motifs is 1. The topological polar surface area (TPSA) is 124 Å². The second kappa shape index (κ2) is 13.5. The lowest BCUT2D eigenvalue weighted by Crippen LogP contribution is -2.65. The van der Waals surface area contributed by atoms with Crippen LogP contribution in [0.1, 0.15) is 47.5 Å². The monoisotopic (exact) mass is 570 g/mol. The molecule has 0 spiro atoms. The highest BCUT2D eigenvalue weighted by Crippen LogP contribution is 2.51. The smallest absolute Gasteiger partial charge is 0.333 e. The van der Waals surface area contributed by atoms with Gasteiger partial charge < -0.3 is 29.7 Å². The first kappa shape index (κ1) is 32.8. The van der Waals surface area contributed by atoms with E-state index in [1.54, 1.807) is 43.8 Å². The van der Waals surface area contributed by atoms with E-state index in [-0.39, 0.29) is 36.1 Å². The lowest BCUT2D eigenvalue weighted by atomic mass is 9.96. The molecule has 3 atom stereocenters. The maximum atomic E-state index is 12.9. The number of nitrogens with two attached hydrogens (primary N) is 1. The number of hydrogen-bond donors (Lipinski definition) is 1. The fourth-order valence-electron chi connectivity index (χ4n) is 4.28. The number of aliphatic imine (C=N–C) groups is 1. The van der Waals surface area contributed by atoms with Crippen LogP contribution in [0.15, 0.2) is 4.99 Å². The zero-order valence-electron chi connectivity index (χ0n) is 21.6. The molecule has 0 aliphatic carbocycles. The number of thioether (sulfide) groups is 1. The number of esters is 2. The summed E-state index contributed by atoms with van der Waals surface area (Å²) in [5, 5.41) is -0.212. The highest BCUT2D eigenvalue weighted by atomic mass is 35.5. The van der Waals surface area contributed by atoms with E-state index in [0.717, 1.165) is 32.5 Å². The van der Waals surface area contributed by atoms with Gasteiger partial charge in [-0.3, -0.25) is 14.6 Å². The highest BCUT2D eigenvalue weighted by Gasteiger charge is 2.64. The Morgan fingerprint density at radius 2 is 1.83 bits per heavy atom. The largest absolute Gasteiger partial charge is 0.427 e. The summed E-state index contributed by atoms with van der Waals surface area (Å²) in [4.78, 5) is 45.8. The number of rotatable bonds is 9. The summed E-state index contributed by atoms with van der Waals surface area (Å²) in [7, 11) is 0. The number of amides is 1. The van der Waals surface area contributed by atoms with Crippen molar-refractivity contribution in [3.8, 4) is 0 Å². The summed E-state index contributed by atoms with van der Waals surface area (Å²) < 4.78 is 15.3. The Kier molecular flexibility index (Phi) is 12.3. The maximum absolute atomic E-state index is 12.9.